The molecule has 1 fully saturated rings. The Morgan fingerprint density at radius 2 is 1.86 bits per heavy atom. The van der Waals surface area contributed by atoms with Crippen molar-refractivity contribution in [3.8, 4) is 11.5 Å². The molecule has 10 nitrogen and oxygen atoms in total. The highest BCUT2D eigenvalue weighted by molar-refractivity contribution is 6.00. The number of carboxylic acids is 1. The molecule has 1 aromatic carbocycles. The molecule has 5 rings (SSSR count). The molecular formula is C26H27N5O5. The normalized spacial score (nSPS) is 16.5. The molecule has 1 unspecified atom stereocenters. The summed E-state index contributed by atoms with van der Waals surface area (Å²) in [5, 5.41) is 12.6. The lowest BCUT2D eigenvalue weighted by atomic mass is 9.97. The van der Waals surface area contributed by atoms with Gasteiger partial charge < -0.3 is 24.8 Å². The van der Waals surface area contributed by atoms with E-state index < -0.39 is 5.97 Å². The highest BCUT2D eigenvalue weighted by Gasteiger charge is 2.32. The number of anilines is 3. The first-order chi connectivity index (χ1) is 17.5. The molecule has 2 N–H and O–H groups in total. The predicted octanol–water partition coefficient (Wildman–Crippen LogP) is 3.53. The Kier molecular flexibility index (Phi) is 6.41. The molecule has 1 atom stereocenters. The highest BCUT2D eigenvalue weighted by Crippen LogP contribution is 2.35. The zero-order valence-corrected chi connectivity index (χ0v) is 20.2. The number of ketones is 1. The fourth-order valence-corrected chi connectivity index (χ4v) is 4.80. The minimum atomic E-state index is -1.11. The minimum absolute atomic E-state index is 0.00328. The van der Waals surface area contributed by atoms with Crippen molar-refractivity contribution in [2.75, 3.05) is 37.5 Å². The number of ether oxygens (including phenoxy) is 2. The third-order valence-electron chi connectivity index (χ3n) is 6.68. The number of benzene rings is 1. The van der Waals surface area contributed by atoms with Gasteiger partial charge in [0.2, 0.25) is 5.95 Å². The van der Waals surface area contributed by atoms with Gasteiger partial charge in [-0.15, -0.1) is 0 Å². The van der Waals surface area contributed by atoms with Crippen LogP contribution >= 0.6 is 0 Å². The number of carbonyl (C=O) groups is 2. The van der Waals surface area contributed by atoms with E-state index >= 15 is 0 Å². The first-order valence-electron chi connectivity index (χ1n) is 11.8. The molecule has 0 radical (unpaired) electrons. The van der Waals surface area contributed by atoms with Crippen molar-refractivity contribution in [3.63, 3.8) is 0 Å². The topological polar surface area (TPSA) is 127 Å². The molecule has 3 heterocycles. The van der Waals surface area contributed by atoms with Gasteiger partial charge in [-0.1, -0.05) is 0 Å². The molecule has 10 heteroatoms. The number of hydrogen-bond acceptors (Lipinski definition) is 9. The van der Waals surface area contributed by atoms with Crippen LogP contribution in [0.1, 0.15) is 44.8 Å². The molecule has 36 heavy (non-hydrogen) atoms. The maximum atomic E-state index is 13.1. The molecule has 2 aliphatic rings. The summed E-state index contributed by atoms with van der Waals surface area (Å²) < 4.78 is 10.8. The molecule has 0 saturated carbocycles. The van der Waals surface area contributed by atoms with Crippen LogP contribution < -0.4 is 19.7 Å². The SMILES string of the molecule is COc1ccc(Nc2nc(N3CCC(C(=O)c4cncc(C(=O)O)c4)C3)nc3c2CCC3)cc1OC. The number of aryl methyl sites for hydroxylation is 1. The number of nitrogens with zero attached hydrogens (tertiary/aromatic N) is 4. The number of nitrogens with one attached hydrogen (secondary N) is 1. The monoisotopic (exact) mass is 489 g/mol. The summed E-state index contributed by atoms with van der Waals surface area (Å²) in [5.74, 6) is 1.11. The fraction of sp³-hybridized carbons (Fsp3) is 0.346. The van der Waals surface area contributed by atoms with Crippen LogP contribution in [0.5, 0.6) is 11.5 Å². The third-order valence-corrected chi connectivity index (χ3v) is 6.68. The molecule has 0 amide bonds. The average molecular weight is 490 g/mol. The molecule has 0 spiro atoms. The third kappa shape index (κ3) is 4.53. The van der Waals surface area contributed by atoms with Gasteiger partial charge in [-0.2, -0.15) is 4.98 Å². The van der Waals surface area contributed by atoms with Crippen LogP contribution in [-0.2, 0) is 12.8 Å². The highest BCUT2D eigenvalue weighted by atomic mass is 16.5. The van der Waals surface area contributed by atoms with Gasteiger partial charge >= 0.3 is 5.97 Å². The average Bonchev–Trinajstić information content (AvgIpc) is 3.58. The summed E-state index contributed by atoms with van der Waals surface area (Å²) in [5.41, 5.74) is 3.27. The number of aromatic nitrogens is 3. The Labute approximate surface area is 208 Å². The van der Waals surface area contributed by atoms with Crippen LogP contribution in [0.2, 0.25) is 0 Å². The van der Waals surface area contributed by atoms with Crippen LogP contribution in [0.25, 0.3) is 0 Å². The van der Waals surface area contributed by atoms with E-state index in [-0.39, 0.29) is 17.3 Å². The van der Waals surface area contributed by atoms with Crippen molar-refractivity contribution < 1.29 is 24.2 Å². The van der Waals surface area contributed by atoms with Crippen molar-refractivity contribution in [2.24, 2.45) is 5.92 Å². The molecule has 186 valence electrons. The van der Waals surface area contributed by atoms with Crippen LogP contribution in [-0.4, -0.2) is 59.1 Å². The second-order valence-corrected chi connectivity index (χ2v) is 8.91. The Bertz CT molecular complexity index is 1330. The van der Waals surface area contributed by atoms with Gasteiger partial charge in [0, 0.05) is 54.3 Å². The smallest absolute Gasteiger partial charge is 0.337 e. The molecule has 2 aromatic heterocycles. The largest absolute Gasteiger partial charge is 0.493 e. The van der Waals surface area contributed by atoms with E-state index in [4.69, 9.17) is 19.4 Å². The van der Waals surface area contributed by atoms with Crippen molar-refractivity contribution in [1.82, 2.24) is 15.0 Å². The lowest BCUT2D eigenvalue weighted by Crippen LogP contribution is -2.25. The van der Waals surface area contributed by atoms with Crippen LogP contribution in [0.15, 0.2) is 36.7 Å². The van der Waals surface area contributed by atoms with Crippen LogP contribution in [0, 0.1) is 5.92 Å². The maximum absolute atomic E-state index is 13.1. The lowest BCUT2D eigenvalue weighted by Gasteiger charge is -2.20. The van der Waals surface area contributed by atoms with Crippen LogP contribution in [0.3, 0.4) is 0 Å². The maximum Gasteiger partial charge on any atom is 0.337 e. The molecule has 1 aliphatic carbocycles. The summed E-state index contributed by atoms with van der Waals surface area (Å²) in [6.07, 6.45) is 6.10. The van der Waals surface area contributed by atoms with Crippen molar-refractivity contribution in [1.29, 1.82) is 0 Å². The minimum Gasteiger partial charge on any atom is -0.493 e. The Morgan fingerprint density at radius 1 is 1.06 bits per heavy atom. The quantitative estimate of drug-likeness (QED) is 0.454. The van der Waals surface area contributed by atoms with Gasteiger partial charge in [0.05, 0.1) is 25.5 Å². The first kappa shape index (κ1) is 23.5. The van der Waals surface area contributed by atoms with E-state index in [1.165, 1.54) is 18.5 Å². The number of pyridine rings is 1. The lowest BCUT2D eigenvalue weighted by molar-refractivity contribution is 0.0696. The van der Waals surface area contributed by atoms with E-state index in [0.717, 1.165) is 42.0 Å². The van der Waals surface area contributed by atoms with E-state index in [2.05, 4.69) is 10.3 Å². The van der Waals surface area contributed by atoms with E-state index in [0.29, 0.717) is 42.5 Å². The van der Waals surface area contributed by atoms with Gasteiger partial charge in [0.25, 0.3) is 0 Å². The summed E-state index contributed by atoms with van der Waals surface area (Å²) in [6, 6.07) is 7.01. The van der Waals surface area contributed by atoms with E-state index in [1.54, 1.807) is 14.2 Å². The molecule has 3 aromatic rings. The number of rotatable bonds is 8. The second-order valence-electron chi connectivity index (χ2n) is 8.91. The first-order valence-corrected chi connectivity index (χ1v) is 11.8. The molecule has 1 saturated heterocycles. The fourth-order valence-electron chi connectivity index (χ4n) is 4.80. The second kappa shape index (κ2) is 9.80. The van der Waals surface area contributed by atoms with Gasteiger partial charge in [-0.25, -0.2) is 9.78 Å². The van der Waals surface area contributed by atoms with E-state index in [9.17, 15) is 14.7 Å². The number of carboxylic acid groups (broad SMARTS) is 1. The summed E-state index contributed by atoms with van der Waals surface area (Å²) in [7, 11) is 3.20. The molecular weight excluding hydrogens is 462 g/mol. The predicted molar refractivity (Wildman–Crippen MR) is 133 cm³/mol. The number of Topliss-reactive ketones (excluding diaryl/α,β-unsaturated/α-hetero) is 1. The number of fused-ring (bicyclic) bond motifs is 1. The summed E-state index contributed by atoms with van der Waals surface area (Å²) in [6.45, 7) is 1.10. The number of methoxy groups -OCH3 is 2. The van der Waals surface area contributed by atoms with Gasteiger partial charge in [0.15, 0.2) is 17.3 Å². The van der Waals surface area contributed by atoms with Gasteiger partial charge in [-0.05, 0) is 43.9 Å². The summed E-state index contributed by atoms with van der Waals surface area (Å²) >= 11 is 0. The van der Waals surface area contributed by atoms with Gasteiger partial charge in [0.1, 0.15) is 5.82 Å². The standard InChI is InChI=1S/C26H27N5O5/c1-35-21-7-6-18(11-22(21)36-2)28-24-19-4-3-5-20(19)29-26(30-24)31-9-8-15(14-31)23(32)16-10-17(25(33)34)13-27-12-16/h6-7,10-13,15H,3-5,8-9,14H2,1-2H3,(H,33,34)(H,28,29,30). The van der Waals surface area contributed by atoms with Gasteiger partial charge in [-0.3, -0.25) is 9.78 Å². The Hall–Kier alpha value is -4.21. The van der Waals surface area contributed by atoms with Crippen LogP contribution in [0.4, 0.5) is 17.5 Å². The Balaban J connectivity index is 1.37. The van der Waals surface area contributed by atoms with Crippen molar-refractivity contribution in [3.05, 3.63) is 59.0 Å². The zero-order valence-electron chi connectivity index (χ0n) is 20.2. The van der Waals surface area contributed by atoms with E-state index in [1.807, 2.05) is 23.1 Å². The number of aromatic carboxylic acids is 1. The number of carbonyl (C=O) groups excluding carboxylic acids is 1. The number of hydrogen-bond donors (Lipinski definition) is 2. The Morgan fingerprint density at radius 3 is 2.64 bits per heavy atom. The zero-order chi connectivity index (χ0) is 25.2. The molecule has 0 bridgehead atoms. The van der Waals surface area contributed by atoms with Crippen molar-refractivity contribution >= 4 is 29.2 Å². The van der Waals surface area contributed by atoms with Crippen molar-refractivity contribution in [2.45, 2.75) is 25.7 Å². The molecule has 1 aliphatic heterocycles. The summed E-state index contributed by atoms with van der Waals surface area (Å²) in [4.78, 5) is 40.0.